The summed E-state index contributed by atoms with van der Waals surface area (Å²) in [5, 5.41) is 3.02. The van der Waals surface area contributed by atoms with Crippen molar-refractivity contribution in [3.63, 3.8) is 0 Å². The molecule has 0 fully saturated rings. The van der Waals surface area contributed by atoms with E-state index in [0.717, 1.165) is 15.4 Å². The maximum absolute atomic E-state index is 13.6. The molecule has 0 radical (unpaired) electrons. The van der Waals surface area contributed by atoms with E-state index in [2.05, 4.69) is 5.32 Å². The topological polar surface area (TPSA) is 84.9 Å². The summed E-state index contributed by atoms with van der Waals surface area (Å²) >= 11 is 6.07. The zero-order valence-corrected chi connectivity index (χ0v) is 19.9. The van der Waals surface area contributed by atoms with Crippen LogP contribution in [0.1, 0.15) is 11.1 Å². The Labute approximate surface area is 198 Å². The van der Waals surface area contributed by atoms with Crippen LogP contribution < -0.4 is 14.8 Å². The van der Waals surface area contributed by atoms with Gasteiger partial charge in [0.05, 0.1) is 20.8 Å². The van der Waals surface area contributed by atoms with Gasteiger partial charge in [-0.2, -0.15) is 4.31 Å². The van der Waals surface area contributed by atoms with Crippen molar-refractivity contribution >= 4 is 27.5 Å². The van der Waals surface area contributed by atoms with Gasteiger partial charge in [0.25, 0.3) is 0 Å². The lowest BCUT2D eigenvalue weighted by Crippen LogP contribution is -2.40. The average molecular weight is 489 g/mol. The molecule has 0 bridgehead atoms. The number of benzene rings is 3. The van der Waals surface area contributed by atoms with Crippen LogP contribution >= 0.6 is 11.6 Å². The predicted octanol–water partition coefficient (Wildman–Crippen LogP) is 3.86. The van der Waals surface area contributed by atoms with Gasteiger partial charge in [0.1, 0.15) is 16.4 Å². The van der Waals surface area contributed by atoms with Crippen molar-refractivity contribution in [2.24, 2.45) is 0 Å². The first-order valence-corrected chi connectivity index (χ1v) is 11.9. The van der Waals surface area contributed by atoms with Crippen molar-refractivity contribution in [3.05, 3.63) is 88.9 Å². The largest absolute Gasteiger partial charge is 0.496 e. The summed E-state index contributed by atoms with van der Waals surface area (Å²) in [4.78, 5) is 12.7. The van der Waals surface area contributed by atoms with Crippen molar-refractivity contribution in [2.75, 3.05) is 20.8 Å². The maximum atomic E-state index is 13.6. The summed E-state index contributed by atoms with van der Waals surface area (Å²) in [6.07, 6.45) is 0. The Morgan fingerprint density at radius 2 is 1.61 bits per heavy atom. The first-order chi connectivity index (χ1) is 15.8. The van der Waals surface area contributed by atoms with E-state index >= 15 is 0 Å². The van der Waals surface area contributed by atoms with Gasteiger partial charge in [0, 0.05) is 23.7 Å². The molecule has 0 saturated carbocycles. The monoisotopic (exact) mass is 488 g/mol. The predicted molar refractivity (Wildman–Crippen MR) is 127 cm³/mol. The first-order valence-electron chi connectivity index (χ1n) is 10.1. The molecule has 0 aromatic heterocycles. The molecule has 9 heteroatoms. The highest BCUT2D eigenvalue weighted by Gasteiger charge is 2.30. The quantitative estimate of drug-likeness (QED) is 0.468. The highest BCUT2D eigenvalue weighted by molar-refractivity contribution is 7.89. The number of nitrogens with zero attached hydrogens (tertiary/aromatic N) is 1. The molecule has 0 heterocycles. The molecule has 0 aliphatic heterocycles. The standard InChI is InChI=1S/C24H25ClN2O5S/c1-31-21-11-7-6-10-19(21)15-26-24(28)17-27(16-18-8-4-3-5-9-18)33(29,30)23-14-20(25)12-13-22(23)32-2/h3-14H,15-17H2,1-2H3,(H,26,28). The lowest BCUT2D eigenvalue weighted by atomic mass is 10.2. The molecule has 1 N–H and O–H groups in total. The Hall–Kier alpha value is -3.07. The molecule has 174 valence electrons. The number of halogens is 1. The molecule has 0 saturated heterocycles. The number of carbonyl (C=O) groups is 1. The number of nitrogens with one attached hydrogen (secondary N) is 1. The van der Waals surface area contributed by atoms with E-state index in [9.17, 15) is 13.2 Å². The van der Waals surface area contributed by atoms with Crippen molar-refractivity contribution in [1.82, 2.24) is 9.62 Å². The number of ether oxygens (including phenoxy) is 2. The number of rotatable bonds is 10. The molecule has 1 amide bonds. The maximum Gasteiger partial charge on any atom is 0.247 e. The molecule has 3 aromatic rings. The van der Waals surface area contributed by atoms with Gasteiger partial charge in [0.2, 0.25) is 15.9 Å². The fourth-order valence-electron chi connectivity index (χ4n) is 3.26. The minimum absolute atomic E-state index is 0.000912. The Bertz CT molecular complexity index is 1200. The van der Waals surface area contributed by atoms with Crippen LogP contribution in [0.4, 0.5) is 0 Å². The number of para-hydroxylation sites is 1. The molecule has 0 aliphatic carbocycles. The fourth-order valence-corrected chi connectivity index (χ4v) is 5.07. The normalized spacial score (nSPS) is 11.3. The summed E-state index contributed by atoms with van der Waals surface area (Å²) in [6.45, 7) is -0.189. The molecular weight excluding hydrogens is 464 g/mol. The zero-order chi connectivity index (χ0) is 23.8. The van der Waals surface area contributed by atoms with Gasteiger partial charge in [-0.25, -0.2) is 8.42 Å². The van der Waals surface area contributed by atoms with Crippen molar-refractivity contribution in [2.45, 2.75) is 18.0 Å². The molecule has 33 heavy (non-hydrogen) atoms. The number of methoxy groups -OCH3 is 2. The Kier molecular flexibility index (Phi) is 8.32. The van der Waals surface area contributed by atoms with E-state index in [1.54, 1.807) is 31.4 Å². The van der Waals surface area contributed by atoms with E-state index in [-0.39, 0.29) is 35.3 Å². The molecular formula is C24H25ClN2O5S. The third-order valence-electron chi connectivity index (χ3n) is 4.93. The second kappa shape index (κ2) is 11.2. The van der Waals surface area contributed by atoms with Gasteiger partial charge >= 0.3 is 0 Å². The van der Waals surface area contributed by atoms with Gasteiger partial charge in [-0.05, 0) is 29.8 Å². The lowest BCUT2D eigenvalue weighted by Gasteiger charge is -2.23. The van der Waals surface area contributed by atoms with Gasteiger partial charge in [-0.1, -0.05) is 60.1 Å². The summed E-state index contributed by atoms with van der Waals surface area (Å²) in [5.74, 6) is 0.323. The van der Waals surface area contributed by atoms with Crippen molar-refractivity contribution < 1.29 is 22.7 Å². The highest BCUT2D eigenvalue weighted by atomic mass is 35.5. The second-order valence-electron chi connectivity index (χ2n) is 7.14. The van der Waals surface area contributed by atoms with Gasteiger partial charge in [-0.15, -0.1) is 0 Å². The Morgan fingerprint density at radius 3 is 2.30 bits per heavy atom. The molecule has 7 nitrogen and oxygen atoms in total. The SMILES string of the molecule is COc1ccccc1CNC(=O)CN(Cc1ccccc1)S(=O)(=O)c1cc(Cl)ccc1OC. The van der Waals surface area contributed by atoms with Crippen LogP contribution in [0.3, 0.4) is 0 Å². The Morgan fingerprint density at radius 1 is 0.939 bits per heavy atom. The molecule has 0 aliphatic rings. The Balaban J connectivity index is 1.87. The van der Waals surface area contributed by atoms with Crippen LogP contribution in [0.15, 0.2) is 77.7 Å². The van der Waals surface area contributed by atoms with Crippen molar-refractivity contribution in [3.8, 4) is 11.5 Å². The minimum Gasteiger partial charge on any atom is -0.496 e. The first kappa shape index (κ1) is 24.6. The van der Waals surface area contributed by atoms with Gasteiger partial charge < -0.3 is 14.8 Å². The van der Waals surface area contributed by atoms with Crippen LogP contribution in [0.2, 0.25) is 5.02 Å². The van der Waals surface area contributed by atoms with E-state index in [1.165, 1.54) is 19.2 Å². The smallest absolute Gasteiger partial charge is 0.247 e. The second-order valence-corrected chi connectivity index (χ2v) is 9.49. The van der Waals surface area contributed by atoms with E-state index in [0.29, 0.717) is 5.75 Å². The molecule has 0 spiro atoms. The summed E-state index contributed by atoms with van der Waals surface area (Å²) in [7, 11) is -1.19. The summed E-state index contributed by atoms with van der Waals surface area (Å²) in [6, 6.07) is 20.7. The van der Waals surface area contributed by atoms with Crippen LogP contribution in [0.5, 0.6) is 11.5 Å². The van der Waals surface area contributed by atoms with Gasteiger partial charge in [-0.3, -0.25) is 4.79 Å². The van der Waals surface area contributed by atoms with E-state index in [4.69, 9.17) is 21.1 Å². The third kappa shape index (κ3) is 6.25. The summed E-state index contributed by atoms with van der Waals surface area (Å²) < 4.78 is 38.8. The third-order valence-corrected chi connectivity index (χ3v) is 6.98. The fraction of sp³-hybridized carbons (Fsp3) is 0.208. The molecule has 3 rings (SSSR count). The molecule has 3 aromatic carbocycles. The number of carbonyl (C=O) groups excluding carboxylic acids is 1. The number of amides is 1. The summed E-state index contributed by atoms with van der Waals surface area (Å²) in [5.41, 5.74) is 1.52. The lowest BCUT2D eigenvalue weighted by molar-refractivity contribution is -0.121. The van der Waals surface area contributed by atoms with Crippen LogP contribution in [-0.2, 0) is 27.9 Å². The number of sulfonamides is 1. The van der Waals surface area contributed by atoms with Crippen LogP contribution in [0, 0.1) is 0 Å². The average Bonchev–Trinajstić information content (AvgIpc) is 2.83. The molecule has 0 unspecified atom stereocenters. The van der Waals surface area contributed by atoms with Crippen LogP contribution in [-0.4, -0.2) is 39.4 Å². The van der Waals surface area contributed by atoms with Crippen molar-refractivity contribution in [1.29, 1.82) is 0 Å². The number of hydrogen-bond donors (Lipinski definition) is 1. The van der Waals surface area contributed by atoms with E-state index < -0.39 is 15.9 Å². The number of hydrogen-bond acceptors (Lipinski definition) is 5. The van der Waals surface area contributed by atoms with E-state index in [1.807, 2.05) is 36.4 Å². The minimum atomic E-state index is -4.12. The molecule has 0 atom stereocenters. The van der Waals surface area contributed by atoms with Crippen LogP contribution in [0.25, 0.3) is 0 Å². The zero-order valence-electron chi connectivity index (χ0n) is 18.3. The highest BCUT2D eigenvalue weighted by Crippen LogP contribution is 2.30. The van der Waals surface area contributed by atoms with Gasteiger partial charge in [0.15, 0.2) is 0 Å².